The van der Waals surface area contributed by atoms with Gasteiger partial charge in [-0.25, -0.2) is 4.98 Å². The zero-order valence-corrected chi connectivity index (χ0v) is 19.2. The molecule has 0 unspecified atom stereocenters. The Morgan fingerprint density at radius 1 is 1.12 bits per heavy atom. The molecule has 3 amide bonds. The van der Waals surface area contributed by atoms with Crippen LogP contribution in [-0.4, -0.2) is 29.3 Å². The molecule has 2 aromatic carbocycles. The molecule has 3 N–H and O–H groups in total. The first-order valence-electron chi connectivity index (χ1n) is 11.1. The summed E-state index contributed by atoms with van der Waals surface area (Å²) in [6.45, 7) is 6.77. The van der Waals surface area contributed by atoms with Gasteiger partial charge in [-0.1, -0.05) is 26.0 Å². The number of fused-ring (bicyclic) bond motifs is 2. The molecule has 2 aliphatic rings. The van der Waals surface area contributed by atoms with Gasteiger partial charge in [0, 0.05) is 59.8 Å². The molecule has 34 heavy (non-hydrogen) atoms. The van der Waals surface area contributed by atoms with Gasteiger partial charge in [0.15, 0.2) is 0 Å². The lowest BCUT2D eigenvalue weighted by molar-refractivity contribution is -0.116. The first-order valence-corrected chi connectivity index (χ1v) is 11.1. The number of amides is 3. The van der Waals surface area contributed by atoms with E-state index in [-0.39, 0.29) is 23.1 Å². The van der Waals surface area contributed by atoms with Gasteiger partial charge in [-0.15, -0.1) is 0 Å². The van der Waals surface area contributed by atoms with E-state index >= 15 is 0 Å². The quantitative estimate of drug-likeness (QED) is 0.552. The number of hydrogen-bond donors (Lipinski definition) is 3. The molecule has 0 bridgehead atoms. The second-order valence-electron chi connectivity index (χ2n) is 9.21. The molecule has 0 fully saturated rings. The molecule has 0 saturated carbocycles. The van der Waals surface area contributed by atoms with Crippen molar-refractivity contribution in [3.05, 3.63) is 77.0 Å². The van der Waals surface area contributed by atoms with Crippen LogP contribution in [0.25, 0.3) is 0 Å². The zero-order valence-electron chi connectivity index (χ0n) is 19.2. The number of anilines is 4. The molecule has 8 nitrogen and oxygen atoms in total. The maximum absolute atomic E-state index is 13.2. The number of hydrogen-bond acceptors (Lipinski definition) is 5. The average molecular weight is 456 g/mol. The van der Waals surface area contributed by atoms with Crippen LogP contribution in [0.1, 0.15) is 52.6 Å². The van der Waals surface area contributed by atoms with Gasteiger partial charge in [-0.05, 0) is 42.0 Å². The summed E-state index contributed by atoms with van der Waals surface area (Å²) in [6, 6.07) is 14.5. The van der Waals surface area contributed by atoms with Crippen molar-refractivity contribution in [2.24, 2.45) is 0 Å². The fraction of sp³-hybridized carbons (Fsp3) is 0.231. The number of pyridine rings is 1. The highest BCUT2D eigenvalue weighted by Crippen LogP contribution is 2.42. The summed E-state index contributed by atoms with van der Waals surface area (Å²) in [5, 5.41) is 8.97. The Hall–Kier alpha value is -4.20. The van der Waals surface area contributed by atoms with E-state index in [9.17, 15) is 14.4 Å². The summed E-state index contributed by atoms with van der Waals surface area (Å²) < 4.78 is 0. The maximum atomic E-state index is 13.2. The normalized spacial score (nSPS) is 15.4. The van der Waals surface area contributed by atoms with Gasteiger partial charge in [0.25, 0.3) is 11.8 Å². The summed E-state index contributed by atoms with van der Waals surface area (Å²) in [5.41, 5.74) is 4.87. The Bertz CT molecular complexity index is 1350. The molecule has 0 spiro atoms. The van der Waals surface area contributed by atoms with E-state index < -0.39 is 0 Å². The summed E-state index contributed by atoms with van der Waals surface area (Å²) >= 11 is 0. The van der Waals surface area contributed by atoms with Crippen LogP contribution in [0.3, 0.4) is 0 Å². The van der Waals surface area contributed by atoms with Crippen molar-refractivity contribution in [3.63, 3.8) is 0 Å². The van der Waals surface area contributed by atoms with E-state index in [1.807, 2.05) is 24.3 Å². The van der Waals surface area contributed by atoms with Crippen LogP contribution in [0.5, 0.6) is 0 Å². The lowest BCUT2D eigenvalue weighted by Gasteiger charge is -2.19. The van der Waals surface area contributed by atoms with Crippen LogP contribution >= 0.6 is 0 Å². The summed E-state index contributed by atoms with van der Waals surface area (Å²) in [7, 11) is 0. The Balaban J connectivity index is 1.42. The molecule has 2 aliphatic heterocycles. The number of carbonyl (C=O) groups is 3. The number of nitrogens with zero attached hydrogens (tertiary/aromatic N) is 2. The standard InChI is InChI=1S/C26H25N5O3/c1-15(32)31-14-26(2,3)20-10-9-16(12-22(20)31)29-25(34)18-7-5-11-27-23(18)30-21-8-4-6-17-19(21)13-28-24(17)33/h4-12H,13-14H2,1-3H3,(H,27,30)(H,28,33)(H,29,34). The first kappa shape index (κ1) is 21.6. The van der Waals surface area contributed by atoms with Crippen molar-refractivity contribution >= 4 is 40.6 Å². The van der Waals surface area contributed by atoms with E-state index in [0.717, 1.165) is 22.5 Å². The van der Waals surface area contributed by atoms with Gasteiger partial charge >= 0.3 is 0 Å². The second-order valence-corrected chi connectivity index (χ2v) is 9.21. The Morgan fingerprint density at radius 2 is 1.94 bits per heavy atom. The molecule has 0 radical (unpaired) electrons. The van der Waals surface area contributed by atoms with Crippen molar-refractivity contribution in [2.75, 3.05) is 22.1 Å². The van der Waals surface area contributed by atoms with E-state index in [2.05, 4.69) is 34.8 Å². The predicted molar refractivity (Wildman–Crippen MR) is 131 cm³/mol. The largest absolute Gasteiger partial charge is 0.348 e. The fourth-order valence-corrected chi connectivity index (χ4v) is 4.64. The highest BCUT2D eigenvalue weighted by atomic mass is 16.2. The number of rotatable bonds is 4. The predicted octanol–water partition coefficient (Wildman–Crippen LogP) is 3.97. The third-order valence-electron chi connectivity index (χ3n) is 6.36. The Kier molecular flexibility index (Phi) is 5.08. The highest BCUT2D eigenvalue weighted by Gasteiger charge is 2.37. The lowest BCUT2D eigenvalue weighted by atomic mass is 9.87. The minimum Gasteiger partial charge on any atom is -0.348 e. The summed E-state index contributed by atoms with van der Waals surface area (Å²) in [6.07, 6.45) is 1.61. The molecule has 1 aromatic heterocycles. The monoisotopic (exact) mass is 455 g/mol. The third kappa shape index (κ3) is 3.67. The van der Waals surface area contributed by atoms with Crippen molar-refractivity contribution in [3.8, 4) is 0 Å². The van der Waals surface area contributed by atoms with Crippen molar-refractivity contribution < 1.29 is 14.4 Å². The molecule has 0 saturated heterocycles. The molecular formula is C26H25N5O3. The Labute approximate surface area is 197 Å². The van der Waals surface area contributed by atoms with Crippen LogP contribution in [0.2, 0.25) is 0 Å². The van der Waals surface area contributed by atoms with Crippen LogP contribution in [0, 0.1) is 0 Å². The van der Waals surface area contributed by atoms with Crippen LogP contribution in [0.15, 0.2) is 54.7 Å². The molecule has 3 aromatic rings. The molecule has 172 valence electrons. The van der Waals surface area contributed by atoms with Gasteiger partial charge in [0.1, 0.15) is 5.82 Å². The summed E-state index contributed by atoms with van der Waals surface area (Å²) in [5.74, 6) is -0.0844. The maximum Gasteiger partial charge on any atom is 0.259 e. The molecule has 0 atom stereocenters. The smallest absolute Gasteiger partial charge is 0.259 e. The molecule has 3 heterocycles. The highest BCUT2D eigenvalue weighted by molar-refractivity contribution is 6.08. The van der Waals surface area contributed by atoms with Gasteiger partial charge in [-0.2, -0.15) is 0 Å². The van der Waals surface area contributed by atoms with Crippen molar-refractivity contribution in [1.29, 1.82) is 0 Å². The first-order chi connectivity index (χ1) is 16.2. The van der Waals surface area contributed by atoms with E-state index in [4.69, 9.17) is 0 Å². The Morgan fingerprint density at radius 3 is 2.74 bits per heavy atom. The van der Waals surface area contributed by atoms with E-state index in [1.54, 1.807) is 42.3 Å². The van der Waals surface area contributed by atoms with E-state index in [1.165, 1.54) is 0 Å². The van der Waals surface area contributed by atoms with Crippen LogP contribution in [-0.2, 0) is 16.8 Å². The minimum atomic E-state index is -0.330. The zero-order chi connectivity index (χ0) is 24.0. The number of nitrogens with one attached hydrogen (secondary N) is 3. The lowest BCUT2D eigenvalue weighted by Crippen LogP contribution is -2.32. The summed E-state index contributed by atoms with van der Waals surface area (Å²) in [4.78, 5) is 43.5. The molecule has 5 rings (SSSR count). The molecule has 0 aliphatic carbocycles. The van der Waals surface area contributed by atoms with Crippen LogP contribution in [0.4, 0.5) is 22.9 Å². The molecular weight excluding hydrogens is 430 g/mol. The second kappa shape index (κ2) is 7.98. The molecule has 8 heteroatoms. The fourth-order valence-electron chi connectivity index (χ4n) is 4.64. The number of benzene rings is 2. The van der Waals surface area contributed by atoms with E-state index in [0.29, 0.717) is 35.7 Å². The average Bonchev–Trinajstić information content (AvgIpc) is 3.31. The number of carbonyl (C=O) groups excluding carboxylic acids is 3. The SMILES string of the molecule is CC(=O)N1CC(C)(C)c2ccc(NC(=O)c3cccnc3Nc3cccc4c3CNC4=O)cc21. The van der Waals surface area contributed by atoms with Gasteiger partial charge in [-0.3, -0.25) is 14.4 Å². The minimum absolute atomic E-state index is 0.0302. The van der Waals surface area contributed by atoms with Crippen molar-refractivity contribution in [1.82, 2.24) is 10.3 Å². The topological polar surface area (TPSA) is 103 Å². The third-order valence-corrected chi connectivity index (χ3v) is 6.36. The van der Waals surface area contributed by atoms with Crippen molar-refractivity contribution in [2.45, 2.75) is 32.7 Å². The van der Waals surface area contributed by atoms with Gasteiger partial charge in [0.05, 0.1) is 5.56 Å². The van der Waals surface area contributed by atoms with Gasteiger partial charge < -0.3 is 20.9 Å². The van der Waals surface area contributed by atoms with Crippen LogP contribution < -0.4 is 20.9 Å². The van der Waals surface area contributed by atoms with Gasteiger partial charge in [0.2, 0.25) is 5.91 Å². The number of aromatic nitrogens is 1.